The highest BCUT2D eigenvalue weighted by Gasteiger charge is 2.13. The Labute approximate surface area is 90.3 Å². The first-order valence-electron chi connectivity index (χ1n) is 5.26. The number of hydrogen-bond donors (Lipinski definition) is 0. The summed E-state index contributed by atoms with van der Waals surface area (Å²) in [6, 6.07) is 8.65. The van der Waals surface area contributed by atoms with Crippen LogP contribution in [0.15, 0.2) is 24.3 Å². The first kappa shape index (κ1) is 10.0. The number of aromatic nitrogens is 2. The van der Waals surface area contributed by atoms with Crippen LogP contribution in [-0.2, 0) is 0 Å². The fourth-order valence-corrected chi connectivity index (χ4v) is 1.84. The molecule has 2 aromatic rings. The minimum atomic E-state index is 0.384. The van der Waals surface area contributed by atoms with Crippen LogP contribution in [0.4, 0.5) is 5.82 Å². The number of nitrogens with zero attached hydrogens (tertiary/aromatic N) is 3. The summed E-state index contributed by atoms with van der Waals surface area (Å²) >= 11 is 0. The minimum absolute atomic E-state index is 0.384. The lowest BCUT2D eigenvalue weighted by atomic mass is 10.2. The van der Waals surface area contributed by atoms with Crippen LogP contribution in [0, 0.1) is 0 Å². The molecule has 15 heavy (non-hydrogen) atoms. The lowest BCUT2D eigenvalue weighted by Crippen LogP contribution is -2.16. The van der Waals surface area contributed by atoms with Crippen LogP contribution < -0.4 is 4.90 Å². The Hall–Kier alpha value is -1.51. The van der Waals surface area contributed by atoms with Crippen molar-refractivity contribution in [2.24, 2.45) is 0 Å². The smallest absolute Gasteiger partial charge is 0.134 e. The van der Waals surface area contributed by atoms with Gasteiger partial charge in [0.2, 0.25) is 0 Å². The van der Waals surface area contributed by atoms with Gasteiger partial charge < -0.3 is 4.90 Å². The van der Waals surface area contributed by atoms with Gasteiger partial charge in [0.1, 0.15) is 5.82 Å². The molecule has 0 spiro atoms. The predicted molar refractivity (Wildman–Crippen MR) is 64.4 cm³/mol. The largest absolute Gasteiger partial charge is 0.362 e. The van der Waals surface area contributed by atoms with E-state index in [0.29, 0.717) is 6.04 Å². The number of fused-ring (bicyclic) bond motifs is 1. The number of benzene rings is 1. The van der Waals surface area contributed by atoms with Gasteiger partial charge >= 0.3 is 0 Å². The maximum absolute atomic E-state index is 4.61. The molecule has 3 nitrogen and oxygen atoms in total. The quantitative estimate of drug-likeness (QED) is 0.748. The molecular weight excluding hydrogens is 186 g/mol. The van der Waals surface area contributed by atoms with Crippen molar-refractivity contribution in [3.05, 3.63) is 24.3 Å². The van der Waals surface area contributed by atoms with E-state index in [1.54, 1.807) is 0 Å². The summed E-state index contributed by atoms with van der Waals surface area (Å²) in [5.74, 6) is 1.18. The van der Waals surface area contributed by atoms with Crippen LogP contribution in [0.3, 0.4) is 0 Å². The third-order valence-electron chi connectivity index (χ3n) is 2.49. The van der Waals surface area contributed by atoms with E-state index in [9.17, 15) is 0 Å². The molecule has 1 heterocycles. The normalized spacial score (nSPS) is 11.3. The first-order valence-corrected chi connectivity index (χ1v) is 5.26. The predicted octanol–water partition coefficient (Wildman–Crippen LogP) is 2.68. The average Bonchev–Trinajstić information content (AvgIpc) is 2.56. The van der Waals surface area contributed by atoms with Gasteiger partial charge in [-0.25, -0.2) is 4.68 Å². The van der Waals surface area contributed by atoms with E-state index >= 15 is 0 Å². The van der Waals surface area contributed by atoms with Crippen molar-refractivity contribution < 1.29 is 0 Å². The highest BCUT2D eigenvalue weighted by molar-refractivity contribution is 5.90. The summed E-state index contributed by atoms with van der Waals surface area (Å²) in [5, 5.41) is 5.83. The van der Waals surface area contributed by atoms with E-state index in [1.807, 2.05) is 6.07 Å². The molecule has 0 radical (unpaired) electrons. The molecule has 0 aliphatic heterocycles. The van der Waals surface area contributed by atoms with Gasteiger partial charge in [0.15, 0.2) is 0 Å². The van der Waals surface area contributed by atoms with E-state index in [-0.39, 0.29) is 0 Å². The van der Waals surface area contributed by atoms with Gasteiger partial charge in [-0.05, 0) is 26.0 Å². The Morgan fingerprint density at radius 1 is 1.20 bits per heavy atom. The third kappa shape index (κ3) is 1.58. The van der Waals surface area contributed by atoms with Crippen molar-refractivity contribution in [2.75, 3.05) is 19.0 Å². The number of anilines is 1. The van der Waals surface area contributed by atoms with Crippen molar-refractivity contribution in [1.29, 1.82) is 0 Å². The standard InChI is InChI=1S/C12H17N3/c1-9(2)15-12(14(3)4)10-7-5-6-8-11(10)13-15/h5-9H,1-4H3. The van der Waals surface area contributed by atoms with Crippen LogP contribution in [0.1, 0.15) is 19.9 Å². The summed E-state index contributed by atoms with van der Waals surface area (Å²) in [6.07, 6.45) is 0. The van der Waals surface area contributed by atoms with Gasteiger partial charge in [-0.3, -0.25) is 0 Å². The molecule has 3 heteroatoms. The fraction of sp³-hybridized carbons (Fsp3) is 0.417. The molecule has 2 rings (SSSR count). The second-order valence-electron chi connectivity index (χ2n) is 4.27. The van der Waals surface area contributed by atoms with Crippen molar-refractivity contribution in [3.63, 3.8) is 0 Å². The van der Waals surface area contributed by atoms with Crippen LogP contribution in [0.25, 0.3) is 10.9 Å². The molecule has 0 saturated heterocycles. The average molecular weight is 203 g/mol. The van der Waals surface area contributed by atoms with E-state index in [4.69, 9.17) is 0 Å². The maximum Gasteiger partial charge on any atom is 0.134 e. The topological polar surface area (TPSA) is 21.1 Å². The van der Waals surface area contributed by atoms with Crippen LogP contribution >= 0.6 is 0 Å². The van der Waals surface area contributed by atoms with E-state index in [2.05, 4.69) is 60.8 Å². The van der Waals surface area contributed by atoms with Gasteiger partial charge in [-0.15, -0.1) is 0 Å². The molecule has 0 aliphatic carbocycles. The zero-order chi connectivity index (χ0) is 11.0. The molecule has 0 atom stereocenters. The Kier molecular flexibility index (Phi) is 2.39. The van der Waals surface area contributed by atoms with E-state index in [0.717, 1.165) is 5.52 Å². The second-order valence-corrected chi connectivity index (χ2v) is 4.27. The molecule has 0 unspecified atom stereocenters. The molecule has 0 saturated carbocycles. The summed E-state index contributed by atoms with van der Waals surface area (Å²) in [5.41, 5.74) is 1.06. The summed E-state index contributed by atoms with van der Waals surface area (Å²) in [6.45, 7) is 4.30. The molecule has 80 valence electrons. The first-order chi connectivity index (χ1) is 7.11. The van der Waals surface area contributed by atoms with Crippen molar-refractivity contribution in [2.45, 2.75) is 19.9 Å². The molecule has 0 aliphatic rings. The lowest BCUT2D eigenvalue weighted by Gasteiger charge is -2.17. The molecular formula is C12H17N3. The highest BCUT2D eigenvalue weighted by Crippen LogP contribution is 2.27. The molecule has 0 bridgehead atoms. The highest BCUT2D eigenvalue weighted by atomic mass is 15.4. The Balaban J connectivity index is 2.75. The minimum Gasteiger partial charge on any atom is -0.362 e. The third-order valence-corrected chi connectivity index (χ3v) is 2.49. The molecule has 1 aromatic heterocycles. The second kappa shape index (κ2) is 3.57. The Morgan fingerprint density at radius 3 is 2.47 bits per heavy atom. The van der Waals surface area contributed by atoms with Crippen molar-refractivity contribution in [3.8, 4) is 0 Å². The van der Waals surface area contributed by atoms with E-state index < -0.39 is 0 Å². The SMILES string of the molecule is CC(C)n1nc2ccccc2c1N(C)C. The van der Waals surface area contributed by atoms with Crippen molar-refractivity contribution >= 4 is 16.7 Å². The van der Waals surface area contributed by atoms with E-state index in [1.165, 1.54) is 11.2 Å². The molecule has 0 fully saturated rings. The monoisotopic (exact) mass is 203 g/mol. The Morgan fingerprint density at radius 2 is 1.87 bits per heavy atom. The zero-order valence-corrected chi connectivity index (χ0v) is 9.73. The van der Waals surface area contributed by atoms with Crippen molar-refractivity contribution in [1.82, 2.24) is 9.78 Å². The van der Waals surface area contributed by atoms with Crippen LogP contribution in [-0.4, -0.2) is 23.9 Å². The van der Waals surface area contributed by atoms with Gasteiger partial charge in [-0.1, -0.05) is 12.1 Å². The number of rotatable bonds is 2. The molecule has 0 amide bonds. The molecule has 1 aromatic carbocycles. The Bertz CT molecular complexity index is 469. The van der Waals surface area contributed by atoms with Gasteiger partial charge in [0, 0.05) is 25.5 Å². The zero-order valence-electron chi connectivity index (χ0n) is 9.73. The van der Waals surface area contributed by atoms with Gasteiger partial charge in [-0.2, -0.15) is 5.10 Å². The van der Waals surface area contributed by atoms with Crippen LogP contribution in [0.5, 0.6) is 0 Å². The van der Waals surface area contributed by atoms with Gasteiger partial charge in [0.25, 0.3) is 0 Å². The maximum atomic E-state index is 4.61. The number of hydrogen-bond acceptors (Lipinski definition) is 2. The lowest BCUT2D eigenvalue weighted by molar-refractivity contribution is 0.537. The summed E-state index contributed by atoms with van der Waals surface area (Å²) in [7, 11) is 4.12. The van der Waals surface area contributed by atoms with Crippen LogP contribution in [0.2, 0.25) is 0 Å². The summed E-state index contributed by atoms with van der Waals surface area (Å²) in [4.78, 5) is 2.12. The summed E-state index contributed by atoms with van der Waals surface area (Å²) < 4.78 is 2.07. The van der Waals surface area contributed by atoms with Gasteiger partial charge in [0.05, 0.1) is 5.52 Å². The molecule has 0 N–H and O–H groups in total. The fourth-order valence-electron chi connectivity index (χ4n) is 1.84.